The second kappa shape index (κ2) is 7.04. The number of thiophene rings is 1. The Hall–Kier alpha value is -3.46. The van der Waals surface area contributed by atoms with Crippen molar-refractivity contribution < 1.29 is 9.53 Å². The largest absolute Gasteiger partial charge is 0.481 e. The highest BCUT2D eigenvalue weighted by molar-refractivity contribution is 7.12. The molecule has 4 aromatic rings. The van der Waals surface area contributed by atoms with Crippen molar-refractivity contribution in [3.8, 4) is 17.0 Å². The van der Waals surface area contributed by atoms with Gasteiger partial charge in [0.05, 0.1) is 12.0 Å². The summed E-state index contributed by atoms with van der Waals surface area (Å²) in [5.41, 5.74) is 9.08. The quantitative estimate of drug-likeness (QED) is 0.550. The Morgan fingerprint density at radius 1 is 1.30 bits per heavy atom. The van der Waals surface area contributed by atoms with Crippen LogP contribution in [0.25, 0.3) is 16.8 Å². The molecule has 0 bridgehead atoms. The third-order valence-electron chi connectivity index (χ3n) is 3.97. The van der Waals surface area contributed by atoms with E-state index in [-0.39, 0.29) is 11.9 Å². The average molecular weight is 380 g/mol. The molecule has 27 heavy (non-hydrogen) atoms. The third-order valence-corrected chi connectivity index (χ3v) is 4.89. The number of nitrogen functional groups attached to an aromatic ring is 1. The van der Waals surface area contributed by atoms with Crippen LogP contribution in [0.1, 0.15) is 15.2 Å². The van der Waals surface area contributed by atoms with Crippen LogP contribution in [0, 0.1) is 0 Å². The Morgan fingerprint density at radius 3 is 3.04 bits per heavy atom. The topological polar surface area (TPSA) is 107 Å². The van der Waals surface area contributed by atoms with Crippen molar-refractivity contribution in [3.63, 3.8) is 0 Å². The number of amides is 1. The van der Waals surface area contributed by atoms with Gasteiger partial charge >= 0.3 is 0 Å². The van der Waals surface area contributed by atoms with Gasteiger partial charge in [-0.1, -0.05) is 0 Å². The van der Waals surface area contributed by atoms with Crippen LogP contribution in [0.4, 0.5) is 5.95 Å². The molecule has 0 saturated carbocycles. The predicted molar refractivity (Wildman–Crippen MR) is 103 cm³/mol. The summed E-state index contributed by atoms with van der Waals surface area (Å²) < 4.78 is 6.71. The summed E-state index contributed by atoms with van der Waals surface area (Å²) in [6, 6.07) is 9.25. The number of nitrogens with two attached hydrogens (primary N) is 1. The third kappa shape index (κ3) is 3.58. The number of aromatic nitrogens is 4. The van der Waals surface area contributed by atoms with E-state index in [1.807, 2.05) is 35.8 Å². The van der Waals surface area contributed by atoms with Gasteiger partial charge < -0.3 is 15.8 Å². The summed E-state index contributed by atoms with van der Waals surface area (Å²) in [6.45, 7) is 0.398. The molecule has 0 aliphatic heterocycles. The molecule has 4 heterocycles. The molecule has 0 aromatic carbocycles. The van der Waals surface area contributed by atoms with Gasteiger partial charge in [0, 0.05) is 30.6 Å². The molecule has 4 rings (SSSR count). The number of methoxy groups -OCH3 is 1. The number of carbonyl (C=O) groups is 1. The molecule has 4 aromatic heterocycles. The van der Waals surface area contributed by atoms with Gasteiger partial charge in [0.15, 0.2) is 5.65 Å². The zero-order valence-electron chi connectivity index (χ0n) is 14.4. The standard InChI is InChI=1S/C18H16N6O2S/c1-26-16-6-11(4-5-20-16)8-21-17(25)14-7-13(10-27-14)12-2-3-15-22-18(19)23-24(15)9-12/h2-7,9-10H,8H2,1H3,(H2,19,23)(H,21,25). The first-order valence-electron chi connectivity index (χ1n) is 8.10. The predicted octanol–water partition coefficient (Wildman–Crippen LogP) is 2.37. The maximum atomic E-state index is 12.4. The molecule has 0 unspecified atom stereocenters. The van der Waals surface area contributed by atoms with Crippen molar-refractivity contribution in [2.75, 3.05) is 12.8 Å². The van der Waals surface area contributed by atoms with Gasteiger partial charge in [-0.05, 0) is 40.8 Å². The molecule has 136 valence electrons. The van der Waals surface area contributed by atoms with Crippen LogP contribution in [-0.4, -0.2) is 32.6 Å². The van der Waals surface area contributed by atoms with Crippen LogP contribution in [0.5, 0.6) is 5.88 Å². The average Bonchev–Trinajstić information content (AvgIpc) is 3.31. The number of fused-ring (bicyclic) bond motifs is 1. The van der Waals surface area contributed by atoms with Crippen molar-refractivity contribution in [2.45, 2.75) is 6.54 Å². The van der Waals surface area contributed by atoms with E-state index in [0.717, 1.165) is 16.7 Å². The Balaban J connectivity index is 1.48. The number of anilines is 1. The Bertz CT molecular complexity index is 1120. The lowest BCUT2D eigenvalue weighted by Gasteiger charge is -2.05. The highest BCUT2D eigenvalue weighted by Gasteiger charge is 2.11. The summed E-state index contributed by atoms with van der Waals surface area (Å²) in [5, 5.41) is 8.96. The minimum Gasteiger partial charge on any atom is -0.481 e. The molecule has 0 aliphatic rings. The Labute approximate surface area is 158 Å². The zero-order valence-corrected chi connectivity index (χ0v) is 15.2. The summed E-state index contributed by atoms with van der Waals surface area (Å²) in [7, 11) is 1.56. The second-order valence-electron chi connectivity index (χ2n) is 5.78. The summed E-state index contributed by atoms with van der Waals surface area (Å²) >= 11 is 1.39. The summed E-state index contributed by atoms with van der Waals surface area (Å²) in [5.74, 6) is 0.614. The molecule has 0 aliphatic carbocycles. The van der Waals surface area contributed by atoms with Crippen molar-refractivity contribution in [1.29, 1.82) is 0 Å². The fourth-order valence-electron chi connectivity index (χ4n) is 2.62. The van der Waals surface area contributed by atoms with E-state index in [0.29, 0.717) is 22.9 Å². The van der Waals surface area contributed by atoms with E-state index in [2.05, 4.69) is 20.4 Å². The molecule has 0 radical (unpaired) electrons. The molecule has 0 saturated heterocycles. The number of ether oxygens (including phenoxy) is 1. The minimum atomic E-state index is -0.131. The van der Waals surface area contributed by atoms with Gasteiger partial charge in [0.1, 0.15) is 0 Å². The molecular formula is C18H16N6O2S. The highest BCUT2D eigenvalue weighted by atomic mass is 32.1. The maximum absolute atomic E-state index is 12.4. The first kappa shape index (κ1) is 17.0. The zero-order chi connectivity index (χ0) is 18.8. The Morgan fingerprint density at radius 2 is 2.19 bits per heavy atom. The number of nitrogens with one attached hydrogen (secondary N) is 1. The fourth-order valence-corrected chi connectivity index (χ4v) is 3.45. The van der Waals surface area contributed by atoms with Crippen LogP contribution < -0.4 is 15.8 Å². The summed E-state index contributed by atoms with van der Waals surface area (Å²) in [6.07, 6.45) is 3.49. The Kier molecular flexibility index (Phi) is 4.43. The van der Waals surface area contributed by atoms with Crippen LogP contribution >= 0.6 is 11.3 Å². The lowest BCUT2D eigenvalue weighted by atomic mass is 10.1. The first-order valence-corrected chi connectivity index (χ1v) is 8.98. The van der Waals surface area contributed by atoms with E-state index in [1.54, 1.807) is 23.9 Å². The van der Waals surface area contributed by atoms with Gasteiger partial charge in [-0.2, -0.15) is 4.98 Å². The second-order valence-corrected chi connectivity index (χ2v) is 6.69. The van der Waals surface area contributed by atoms with E-state index < -0.39 is 0 Å². The molecule has 0 spiro atoms. The fraction of sp³-hybridized carbons (Fsp3) is 0.111. The van der Waals surface area contributed by atoms with E-state index >= 15 is 0 Å². The SMILES string of the molecule is COc1cc(CNC(=O)c2cc(-c3ccc4nc(N)nn4c3)cs2)ccn1. The van der Waals surface area contributed by atoms with Crippen LogP contribution in [-0.2, 0) is 6.54 Å². The van der Waals surface area contributed by atoms with Gasteiger partial charge in [0.2, 0.25) is 11.8 Å². The molecule has 8 nitrogen and oxygen atoms in total. The van der Waals surface area contributed by atoms with Crippen molar-refractivity contribution in [2.24, 2.45) is 0 Å². The maximum Gasteiger partial charge on any atom is 0.261 e. The molecular weight excluding hydrogens is 364 g/mol. The van der Waals surface area contributed by atoms with Gasteiger partial charge in [-0.15, -0.1) is 16.4 Å². The van der Waals surface area contributed by atoms with Crippen molar-refractivity contribution in [3.05, 3.63) is 58.5 Å². The van der Waals surface area contributed by atoms with E-state index in [4.69, 9.17) is 10.5 Å². The van der Waals surface area contributed by atoms with E-state index in [1.165, 1.54) is 11.3 Å². The van der Waals surface area contributed by atoms with Gasteiger partial charge in [-0.25, -0.2) is 9.50 Å². The lowest BCUT2D eigenvalue weighted by Crippen LogP contribution is -2.21. The normalized spacial score (nSPS) is 10.9. The molecule has 0 fully saturated rings. The number of hydrogen-bond acceptors (Lipinski definition) is 7. The van der Waals surface area contributed by atoms with Crippen LogP contribution in [0.2, 0.25) is 0 Å². The smallest absolute Gasteiger partial charge is 0.261 e. The van der Waals surface area contributed by atoms with Crippen molar-refractivity contribution >= 4 is 28.8 Å². The molecule has 1 amide bonds. The number of nitrogens with zero attached hydrogens (tertiary/aromatic N) is 4. The molecule has 9 heteroatoms. The van der Waals surface area contributed by atoms with Crippen LogP contribution in [0.15, 0.2) is 48.1 Å². The monoisotopic (exact) mass is 380 g/mol. The number of hydrogen-bond donors (Lipinski definition) is 2. The molecule has 3 N–H and O–H groups in total. The number of carbonyl (C=O) groups excluding carboxylic acids is 1. The molecule has 0 atom stereocenters. The van der Waals surface area contributed by atoms with E-state index in [9.17, 15) is 4.79 Å². The number of rotatable bonds is 5. The van der Waals surface area contributed by atoms with Crippen molar-refractivity contribution in [1.82, 2.24) is 24.9 Å². The summed E-state index contributed by atoms with van der Waals surface area (Å²) in [4.78, 5) is 21.2. The van der Waals surface area contributed by atoms with Crippen LogP contribution in [0.3, 0.4) is 0 Å². The number of pyridine rings is 2. The first-order chi connectivity index (χ1) is 13.1. The highest BCUT2D eigenvalue weighted by Crippen LogP contribution is 2.26. The van der Waals surface area contributed by atoms with Gasteiger partial charge in [-0.3, -0.25) is 4.79 Å². The lowest BCUT2D eigenvalue weighted by molar-refractivity contribution is 0.0955. The van der Waals surface area contributed by atoms with Gasteiger partial charge in [0.25, 0.3) is 5.91 Å². The minimum absolute atomic E-state index is 0.131.